The number of carbonyl (C=O) groups excluding carboxylic acids is 1. The number of thioether (sulfide) groups is 1. The molecule has 0 aliphatic heterocycles. The third-order valence-electron chi connectivity index (χ3n) is 6.87. The second-order valence-electron chi connectivity index (χ2n) is 9.74. The van der Waals surface area contributed by atoms with Crippen molar-refractivity contribution < 1.29 is 14.3 Å². The topological polar surface area (TPSA) is 90.6 Å². The summed E-state index contributed by atoms with van der Waals surface area (Å²) >= 11 is 7.47. The van der Waals surface area contributed by atoms with Gasteiger partial charge < -0.3 is 9.47 Å². The number of carbonyl (C=O) groups is 1. The molecule has 1 fully saturated rings. The lowest BCUT2D eigenvalue weighted by Gasteiger charge is -2.25. The average molecular weight is 590 g/mol. The van der Waals surface area contributed by atoms with E-state index in [0.29, 0.717) is 29.2 Å². The summed E-state index contributed by atoms with van der Waals surface area (Å²) < 4.78 is 13.6. The Bertz CT molecular complexity index is 1470. The average Bonchev–Trinajstić information content (AvgIpc) is 3.44. The fourth-order valence-corrected chi connectivity index (χ4v) is 5.72. The van der Waals surface area contributed by atoms with Crippen LogP contribution in [0, 0.1) is 0 Å². The largest absolute Gasteiger partial charge is 0.493 e. The Morgan fingerprint density at radius 1 is 1.05 bits per heavy atom. The van der Waals surface area contributed by atoms with Crippen LogP contribution in [0.15, 0.2) is 83.1 Å². The van der Waals surface area contributed by atoms with Crippen LogP contribution >= 0.6 is 23.4 Å². The molecule has 1 amide bonds. The van der Waals surface area contributed by atoms with E-state index in [4.69, 9.17) is 21.1 Å². The Hall–Kier alpha value is -3.82. The molecule has 0 spiro atoms. The maximum Gasteiger partial charge on any atom is 0.250 e. The van der Waals surface area contributed by atoms with Crippen molar-refractivity contribution >= 4 is 35.5 Å². The third kappa shape index (κ3) is 7.68. The molecule has 212 valence electrons. The number of aromatic nitrogens is 3. The zero-order chi connectivity index (χ0) is 28.4. The highest BCUT2D eigenvalue weighted by atomic mass is 35.5. The van der Waals surface area contributed by atoms with Crippen LogP contribution in [0.25, 0.3) is 11.4 Å². The second kappa shape index (κ2) is 14.2. The molecule has 8 nitrogen and oxygen atoms in total. The maximum absolute atomic E-state index is 12.6. The number of nitrogens with one attached hydrogen (secondary N) is 1. The van der Waals surface area contributed by atoms with Crippen molar-refractivity contribution in [1.29, 1.82) is 0 Å². The molecule has 10 heteroatoms. The van der Waals surface area contributed by atoms with Gasteiger partial charge in [0.05, 0.1) is 19.1 Å². The first kappa shape index (κ1) is 28.7. The molecule has 1 aromatic heterocycles. The standard InChI is InChI=1S/C31H32ClN5O3S/c1-39-28-18-23(12-17-27(28)40-20-22-8-4-2-5-9-22)19-33-34-29(38)21-41-31-36-35-30(24-13-15-25(32)16-14-24)37(31)26-10-6-3-7-11-26/h2,4-5,8-9,12-19,26H,3,6-7,10-11,20-21H2,1H3,(H,34,38)/b33-19-. The normalized spacial score (nSPS) is 13.8. The fraction of sp³-hybridized carbons (Fsp3) is 0.290. The maximum atomic E-state index is 12.6. The van der Waals surface area contributed by atoms with Crippen molar-refractivity contribution in [2.45, 2.75) is 49.9 Å². The zero-order valence-corrected chi connectivity index (χ0v) is 24.4. The molecule has 4 aromatic rings. The number of hydrogen-bond acceptors (Lipinski definition) is 7. The molecule has 1 aliphatic carbocycles. The predicted octanol–water partition coefficient (Wildman–Crippen LogP) is 6.93. The number of ether oxygens (including phenoxy) is 2. The second-order valence-corrected chi connectivity index (χ2v) is 11.1. The summed E-state index contributed by atoms with van der Waals surface area (Å²) in [7, 11) is 1.59. The molecular formula is C31H32ClN5O3S. The molecule has 0 saturated heterocycles. The number of hydrogen-bond donors (Lipinski definition) is 1. The minimum absolute atomic E-state index is 0.165. The van der Waals surface area contributed by atoms with Gasteiger partial charge in [0.1, 0.15) is 6.61 Å². The number of rotatable bonds is 11. The Labute approximate surface area is 249 Å². The highest BCUT2D eigenvalue weighted by Crippen LogP contribution is 2.36. The first-order valence-corrected chi connectivity index (χ1v) is 15.0. The van der Waals surface area contributed by atoms with Crippen molar-refractivity contribution in [2.75, 3.05) is 12.9 Å². The SMILES string of the molecule is COc1cc(/C=N\NC(=O)CSc2nnc(-c3ccc(Cl)cc3)n2C2CCCCC2)ccc1OCc1ccccc1. The molecule has 3 aromatic carbocycles. The van der Waals surface area contributed by atoms with E-state index < -0.39 is 0 Å². The van der Waals surface area contributed by atoms with Gasteiger partial charge in [-0.25, -0.2) is 5.43 Å². The van der Waals surface area contributed by atoms with E-state index in [9.17, 15) is 4.79 Å². The van der Waals surface area contributed by atoms with E-state index >= 15 is 0 Å². The molecule has 1 aliphatic rings. The van der Waals surface area contributed by atoms with Gasteiger partial charge in [-0.3, -0.25) is 9.36 Å². The lowest BCUT2D eigenvalue weighted by atomic mass is 9.95. The molecule has 0 atom stereocenters. The number of methoxy groups -OCH3 is 1. The molecule has 0 radical (unpaired) electrons. The van der Waals surface area contributed by atoms with Crippen LogP contribution in [0.4, 0.5) is 0 Å². The number of nitrogens with zero attached hydrogens (tertiary/aromatic N) is 4. The Kier molecular flexibility index (Phi) is 9.93. The van der Waals surface area contributed by atoms with E-state index in [2.05, 4.69) is 25.3 Å². The van der Waals surface area contributed by atoms with Crippen LogP contribution in [-0.4, -0.2) is 39.7 Å². The van der Waals surface area contributed by atoms with E-state index in [1.807, 2.05) is 72.8 Å². The molecule has 0 bridgehead atoms. The van der Waals surface area contributed by atoms with Crippen LogP contribution in [0.1, 0.15) is 49.3 Å². The van der Waals surface area contributed by atoms with Crippen LogP contribution in [0.2, 0.25) is 5.02 Å². The summed E-state index contributed by atoms with van der Waals surface area (Å²) in [5.74, 6) is 1.96. The molecule has 1 heterocycles. The zero-order valence-electron chi connectivity index (χ0n) is 22.8. The van der Waals surface area contributed by atoms with Gasteiger partial charge in [0.15, 0.2) is 22.5 Å². The smallest absolute Gasteiger partial charge is 0.250 e. The monoisotopic (exact) mass is 589 g/mol. The van der Waals surface area contributed by atoms with Crippen LogP contribution in [0.3, 0.4) is 0 Å². The molecule has 0 unspecified atom stereocenters. The Balaban J connectivity index is 1.19. The quantitative estimate of drug-likeness (QED) is 0.116. The van der Waals surface area contributed by atoms with E-state index in [1.54, 1.807) is 13.3 Å². The predicted molar refractivity (Wildman–Crippen MR) is 163 cm³/mol. The van der Waals surface area contributed by atoms with Crippen LogP contribution in [-0.2, 0) is 11.4 Å². The van der Waals surface area contributed by atoms with Crippen LogP contribution in [0.5, 0.6) is 11.5 Å². The number of hydrazone groups is 1. The molecule has 1 N–H and O–H groups in total. The number of benzene rings is 3. The first-order valence-electron chi connectivity index (χ1n) is 13.6. The van der Waals surface area contributed by atoms with Crippen LogP contribution < -0.4 is 14.9 Å². The van der Waals surface area contributed by atoms with Gasteiger partial charge in [-0.15, -0.1) is 10.2 Å². The highest BCUT2D eigenvalue weighted by Gasteiger charge is 2.24. The van der Waals surface area contributed by atoms with E-state index in [-0.39, 0.29) is 11.7 Å². The summed E-state index contributed by atoms with van der Waals surface area (Å²) in [6.45, 7) is 0.439. The van der Waals surface area contributed by atoms with Gasteiger partial charge in [-0.05, 0) is 66.4 Å². The van der Waals surface area contributed by atoms with Gasteiger partial charge in [0.25, 0.3) is 5.91 Å². The molecular weight excluding hydrogens is 558 g/mol. The number of amides is 1. The lowest BCUT2D eigenvalue weighted by Crippen LogP contribution is -2.20. The fourth-order valence-electron chi connectivity index (χ4n) is 4.80. The molecule has 41 heavy (non-hydrogen) atoms. The van der Waals surface area contributed by atoms with Crippen molar-refractivity contribution in [3.63, 3.8) is 0 Å². The molecule has 5 rings (SSSR count). The summed E-state index contributed by atoms with van der Waals surface area (Å²) in [5.41, 5.74) is 5.41. The summed E-state index contributed by atoms with van der Waals surface area (Å²) in [6, 6.07) is 23.4. The van der Waals surface area contributed by atoms with Gasteiger partial charge in [-0.2, -0.15) is 5.10 Å². The van der Waals surface area contributed by atoms with Gasteiger partial charge >= 0.3 is 0 Å². The summed E-state index contributed by atoms with van der Waals surface area (Å²) in [6.07, 6.45) is 7.31. The minimum Gasteiger partial charge on any atom is -0.493 e. The minimum atomic E-state index is -0.229. The van der Waals surface area contributed by atoms with E-state index in [0.717, 1.165) is 40.5 Å². The molecule has 1 saturated carbocycles. The third-order valence-corrected chi connectivity index (χ3v) is 8.06. The van der Waals surface area contributed by atoms with Crippen molar-refractivity contribution in [3.05, 3.63) is 88.9 Å². The van der Waals surface area contributed by atoms with Gasteiger partial charge in [0, 0.05) is 16.6 Å². The van der Waals surface area contributed by atoms with Crippen molar-refractivity contribution in [2.24, 2.45) is 5.10 Å². The number of halogens is 1. The summed E-state index contributed by atoms with van der Waals surface area (Å²) in [4.78, 5) is 12.6. The summed E-state index contributed by atoms with van der Waals surface area (Å²) in [5, 5.41) is 14.5. The first-order chi connectivity index (χ1) is 20.1. The highest BCUT2D eigenvalue weighted by molar-refractivity contribution is 7.99. The van der Waals surface area contributed by atoms with E-state index in [1.165, 1.54) is 31.0 Å². The Morgan fingerprint density at radius 3 is 2.59 bits per heavy atom. The van der Waals surface area contributed by atoms with Crippen molar-refractivity contribution in [1.82, 2.24) is 20.2 Å². The van der Waals surface area contributed by atoms with Gasteiger partial charge in [0.2, 0.25) is 0 Å². The lowest BCUT2D eigenvalue weighted by molar-refractivity contribution is -0.118. The Morgan fingerprint density at radius 2 is 1.83 bits per heavy atom. The van der Waals surface area contributed by atoms with Gasteiger partial charge in [-0.1, -0.05) is 73.0 Å². The van der Waals surface area contributed by atoms with Crippen molar-refractivity contribution in [3.8, 4) is 22.9 Å².